The molecule has 0 atom stereocenters. The normalized spacial score (nSPS) is 11.8. The maximum Gasteiger partial charge on any atom is 0.416 e. The Morgan fingerprint density at radius 2 is 2.00 bits per heavy atom. The minimum atomic E-state index is -4.37. The lowest BCUT2D eigenvalue weighted by molar-refractivity contribution is -0.138. The first kappa shape index (κ1) is 11.4. The van der Waals surface area contributed by atoms with Crippen LogP contribution in [0.15, 0.2) is 18.2 Å². The summed E-state index contributed by atoms with van der Waals surface area (Å²) >= 11 is 0. The molecule has 5 nitrogen and oxygen atoms in total. The van der Waals surface area contributed by atoms with Gasteiger partial charge in [0, 0.05) is 0 Å². The lowest BCUT2D eigenvalue weighted by atomic mass is 10.1. The van der Waals surface area contributed by atoms with Crippen molar-refractivity contribution in [3.63, 3.8) is 0 Å². The molecular weight excluding hydrogens is 235 g/mol. The Hall–Kier alpha value is -2.12. The Balaban J connectivity index is 2.49. The van der Waals surface area contributed by atoms with Gasteiger partial charge in [-0.25, -0.2) is 0 Å². The number of benzene rings is 1. The van der Waals surface area contributed by atoms with E-state index >= 15 is 0 Å². The summed E-state index contributed by atoms with van der Waals surface area (Å²) in [5.41, 5.74) is 5.24. The van der Waals surface area contributed by atoms with E-state index < -0.39 is 11.7 Å². The van der Waals surface area contributed by atoms with Crippen molar-refractivity contribution >= 4 is 5.95 Å². The first-order valence-electron chi connectivity index (χ1n) is 4.61. The third-order valence-electron chi connectivity index (χ3n) is 2.25. The van der Waals surface area contributed by atoms with Crippen molar-refractivity contribution in [1.29, 1.82) is 0 Å². The number of aromatic nitrogens is 4. The number of anilines is 1. The second-order valence-electron chi connectivity index (χ2n) is 3.45. The van der Waals surface area contributed by atoms with E-state index in [2.05, 4.69) is 15.5 Å². The van der Waals surface area contributed by atoms with Gasteiger partial charge in [-0.05, 0) is 41.1 Å². The van der Waals surface area contributed by atoms with Gasteiger partial charge < -0.3 is 5.73 Å². The Bertz CT molecular complexity index is 546. The maximum absolute atomic E-state index is 12.5. The van der Waals surface area contributed by atoms with Gasteiger partial charge in [-0.1, -0.05) is 5.10 Å². The van der Waals surface area contributed by atoms with Crippen LogP contribution in [0.2, 0.25) is 0 Å². The van der Waals surface area contributed by atoms with Crippen molar-refractivity contribution in [3.05, 3.63) is 29.3 Å². The monoisotopic (exact) mass is 243 g/mol. The highest BCUT2D eigenvalue weighted by molar-refractivity contribution is 5.43. The number of tetrazole rings is 1. The van der Waals surface area contributed by atoms with Crippen molar-refractivity contribution < 1.29 is 13.2 Å². The summed E-state index contributed by atoms with van der Waals surface area (Å²) in [6.07, 6.45) is -4.37. The third kappa shape index (κ3) is 2.05. The van der Waals surface area contributed by atoms with E-state index in [1.807, 2.05) is 0 Å². The van der Waals surface area contributed by atoms with Crippen LogP contribution < -0.4 is 5.73 Å². The van der Waals surface area contributed by atoms with E-state index in [-0.39, 0.29) is 11.5 Å². The number of nitrogens with zero attached hydrogens (tertiary/aromatic N) is 4. The summed E-state index contributed by atoms with van der Waals surface area (Å²) in [6.45, 7) is 1.37. The topological polar surface area (TPSA) is 69.6 Å². The van der Waals surface area contributed by atoms with Crippen LogP contribution in [0.5, 0.6) is 0 Å². The standard InChI is InChI=1S/C9H8F3N5/c1-5-4-6(17-8(13)14-15-16-17)2-3-7(5)9(10,11)12/h2-4H,1H3,(H2,13,14,16). The Kier molecular flexibility index (Phi) is 2.49. The molecule has 0 radical (unpaired) electrons. The fraction of sp³-hybridized carbons (Fsp3) is 0.222. The summed E-state index contributed by atoms with van der Waals surface area (Å²) in [6, 6.07) is 3.57. The molecule has 0 saturated heterocycles. The molecule has 2 N–H and O–H groups in total. The maximum atomic E-state index is 12.5. The molecule has 0 aliphatic carbocycles. The largest absolute Gasteiger partial charge is 0.416 e. The molecule has 0 aliphatic heterocycles. The van der Waals surface area contributed by atoms with E-state index in [0.717, 1.165) is 10.7 Å². The zero-order chi connectivity index (χ0) is 12.6. The number of rotatable bonds is 1. The molecule has 0 unspecified atom stereocenters. The molecule has 0 aliphatic rings. The van der Waals surface area contributed by atoms with Gasteiger partial charge in [0.25, 0.3) is 0 Å². The van der Waals surface area contributed by atoms with Gasteiger partial charge in [-0.3, -0.25) is 0 Å². The molecule has 17 heavy (non-hydrogen) atoms. The first-order chi connectivity index (χ1) is 7.89. The quantitative estimate of drug-likeness (QED) is 0.825. The molecule has 0 spiro atoms. The average Bonchev–Trinajstić information content (AvgIpc) is 2.62. The van der Waals surface area contributed by atoms with Crippen LogP contribution in [0.1, 0.15) is 11.1 Å². The molecule has 1 heterocycles. The lowest BCUT2D eigenvalue weighted by Gasteiger charge is -2.11. The zero-order valence-electron chi connectivity index (χ0n) is 8.73. The molecule has 0 fully saturated rings. The van der Waals surface area contributed by atoms with Crippen LogP contribution in [0.25, 0.3) is 5.69 Å². The minimum absolute atomic E-state index is 0.0177. The van der Waals surface area contributed by atoms with Crippen molar-refractivity contribution in [2.45, 2.75) is 13.1 Å². The summed E-state index contributed by atoms with van der Waals surface area (Å²) in [5.74, 6) is 0.0177. The lowest BCUT2D eigenvalue weighted by Crippen LogP contribution is -2.09. The summed E-state index contributed by atoms with van der Waals surface area (Å²) in [5, 5.41) is 10.3. The molecule has 0 amide bonds. The summed E-state index contributed by atoms with van der Waals surface area (Å²) in [4.78, 5) is 0. The molecule has 1 aromatic carbocycles. The molecule has 8 heteroatoms. The van der Waals surface area contributed by atoms with E-state index in [0.29, 0.717) is 5.69 Å². The summed E-state index contributed by atoms with van der Waals surface area (Å²) in [7, 11) is 0. The molecule has 0 bridgehead atoms. The van der Waals surface area contributed by atoms with Crippen molar-refractivity contribution in [2.24, 2.45) is 0 Å². The fourth-order valence-corrected chi connectivity index (χ4v) is 1.48. The predicted octanol–water partition coefficient (Wildman–Crippen LogP) is 1.57. The fourth-order valence-electron chi connectivity index (χ4n) is 1.48. The SMILES string of the molecule is Cc1cc(-n2nnnc2N)ccc1C(F)(F)F. The van der Waals surface area contributed by atoms with Crippen molar-refractivity contribution in [2.75, 3.05) is 5.73 Å². The zero-order valence-corrected chi connectivity index (χ0v) is 8.73. The number of alkyl halides is 3. The van der Waals surface area contributed by atoms with Crippen LogP contribution in [0, 0.1) is 6.92 Å². The number of halogens is 3. The number of hydrogen-bond donors (Lipinski definition) is 1. The van der Waals surface area contributed by atoms with Crippen LogP contribution in [0.3, 0.4) is 0 Å². The Labute approximate surface area is 94.0 Å². The van der Waals surface area contributed by atoms with Gasteiger partial charge in [-0.2, -0.15) is 17.9 Å². The molecule has 2 rings (SSSR count). The second-order valence-corrected chi connectivity index (χ2v) is 3.45. The van der Waals surface area contributed by atoms with Crippen LogP contribution in [0.4, 0.5) is 19.1 Å². The van der Waals surface area contributed by atoms with Gasteiger partial charge in [0.15, 0.2) is 0 Å². The Morgan fingerprint density at radius 1 is 1.29 bits per heavy atom. The third-order valence-corrected chi connectivity index (χ3v) is 2.25. The van der Waals surface area contributed by atoms with Gasteiger partial charge in [0.05, 0.1) is 11.3 Å². The van der Waals surface area contributed by atoms with E-state index in [1.54, 1.807) is 0 Å². The smallest absolute Gasteiger partial charge is 0.366 e. The highest BCUT2D eigenvalue weighted by atomic mass is 19.4. The van der Waals surface area contributed by atoms with Gasteiger partial charge >= 0.3 is 6.18 Å². The van der Waals surface area contributed by atoms with E-state index in [4.69, 9.17) is 5.73 Å². The highest BCUT2D eigenvalue weighted by Crippen LogP contribution is 2.32. The van der Waals surface area contributed by atoms with E-state index in [1.165, 1.54) is 19.1 Å². The van der Waals surface area contributed by atoms with Gasteiger partial charge in [-0.15, -0.1) is 0 Å². The predicted molar refractivity (Wildman–Crippen MR) is 53.3 cm³/mol. The number of nitrogen functional groups attached to an aromatic ring is 1. The van der Waals surface area contributed by atoms with Crippen LogP contribution in [-0.2, 0) is 6.18 Å². The highest BCUT2D eigenvalue weighted by Gasteiger charge is 2.32. The van der Waals surface area contributed by atoms with Gasteiger partial charge in [0.2, 0.25) is 5.95 Å². The average molecular weight is 243 g/mol. The molecule has 2 aromatic rings. The van der Waals surface area contributed by atoms with Crippen LogP contribution in [-0.4, -0.2) is 20.2 Å². The Morgan fingerprint density at radius 3 is 2.47 bits per heavy atom. The molecule has 0 saturated carbocycles. The molecule has 1 aromatic heterocycles. The van der Waals surface area contributed by atoms with Crippen LogP contribution >= 0.6 is 0 Å². The van der Waals surface area contributed by atoms with Gasteiger partial charge in [0.1, 0.15) is 0 Å². The minimum Gasteiger partial charge on any atom is -0.366 e. The first-order valence-corrected chi connectivity index (χ1v) is 4.61. The molecule has 90 valence electrons. The number of aryl methyl sites for hydroxylation is 1. The second kappa shape index (κ2) is 3.72. The van der Waals surface area contributed by atoms with E-state index in [9.17, 15) is 13.2 Å². The number of nitrogens with two attached hydrogens (primary N) is 1. The number of hydrogen-bond acceptors (Lipinski definition) is 4. The van der Waals surface area contributed by atoms with Crippen molar-refractivity contribution in [3.8, 4) is 5.69 Å². The molecular formula is C9H8F3N5. The van der Waals surface area contributed by atoms with Crippen molar-refractivity contribution in [1.82, 2.24) is 20.2 Å². The summed E-state index contributed by atoms with van der Waals surface area (Å²) < 4.78 is 38.8.